The van der Waals surface area contributed by atoms with Gasteiger partial charge in [-0.25, -0.2) is 4.79 Å². The Hall–Kier alpha value is -4.08. The van der Waals surface area contributed by atoms with E-state index in [-0.39, 0.29) is 6.61 Å². The van der Waals surface area contributed by atoms with Crippen molar-refractivity contribution in [2.24, 2.45) is 0 Å². The molecule has 0 bridgehead atoms. The molecule has 0 saturated carbocycles. The molecule has 1 fully saturated rings. The van der Waals surface area contributed by atoms with E-state index in [1.807, 2.05) is 0 Å². The number of hydrogen-bond acceptors (Lipinski definition) is 14. The number of carboxylic acids is 1. The largest absolute Gasteiger partial charge is 0.478 e. The third-order valence-corrected chi connectivity index (χ3v) is 5.12. The van der Waals surface area contributed by atoms with E-state index in [2.05, 4.69) is 5.32 Å². The molecule has 1 unspecified atom stereocenters. The molecule has 220 valence electrons. The molecule has 6 atom stereocenters. The van der Waals surface area contributed by atoms with Crippen LogP contribution < -0.4 is 5.32 Å². The van der Waals surface area contributed by atoms with Gasteiger partial charge >= 0.3 is 35.8 Å². The van der Waals surface area contributed by atoms with Gasteiger partial charge in [-0.1, -0.05) is 30.3 Å². The third-order valence-electron chi connectivity index (χ3n) is 5.12. The Kier molecular flexibility index (Phi) is 12.4. The topological polar surface area (TPSA) is 199 Å². The van der Waals surface area contributed by atoms with Crippen LogP contribution in [0.2, 0.25) is 0 Å². The third kappa shape index (κ3) is 10.6. The molecular formula is C25H31NO14. The maximum atomic E-state index is 12.2. The van der Waals surface area contributed by atoms with E-state index >= 15 is 0 Å². The van der Waals surface area contributed by atoms with Crippen molar-refractivity contribution in [1.82, 2.24) is 5.32 Å². The average molecular weight is 570 g/mol. The van der Waals surface area contributed by atoms with Crippen LogP contribution in [-0.4, -0.2) is 91.0 Å². The Morgan fingerprint density at radius 2 is 1.40 bits per heavy atom. The number of carbonyl (C=O) groups excluding carboxylic acids is 5. The lowest BCUT2D eigenvalue weighted by Gasteiger charge is -2.44. The molecule has 40 heavy (non-hydrogen) atoms. The van der Waals surface area contributed by atoms with Crippen LogP contribution in [0.3, 0.4) is 0 Å². The number of hydrogen-bond donors (Lipinski definition) is 2. The van der Waals surface area contributed by atoms with Gasteiger partial charge in [-0.3, -0.25) is 29.3 Å². The lowest BCUT2D eigenvalue weighted by molar-refractivity contribution is -0.317. The SMILES string of the molecule is CC(=O)OC[C@H]1O[C@H](OC(NCC(=O)OCc2ccccc2)C(=O)O)[C@H](OC(C)=O)[C@@H](OC(C)=O)[C@@H]1OC(C)=O. The molecule has 1 aromatic rings. The fraction of sp³-hybridized carbons (Fsp3) is 0.520. The molecule has 2 rings (SSSR count). The van der Waals surface area contributed by atoms with E-state index < -0.39 is 85.9 Å². The lowest BCUT2D eigenvalue weighted by Crippen LogP contribution is -2.64. The smallest absolute Gasteiger partial charge is 0.348 e. The van der Waals surface area contributed by atoms with E-state index in [1.54, 1.807) is 30.3 Å². The normalized spacial score (nSPS) is 22.8. The summed E-state index contributed by atoms with van der Waals surface area (Å²) in [6, 6.07) is 8.75. The molecule has 0 spiro atoms. The molecule has 1 saturated heterocycles. The minimum atomic E-state index is -1.93. The number of carbonyl (C=O) groups is 6. The maximum Gasteiger partial charge on any atom is 0.348 e. The number of ether oxygens (including phenoxy) is 7. The van der Waals surface area contributed by atoms with E-state index in [0.29, 0.717) is 5.56 Å². The molecule has 0 aliphatic carbocycles. The minimum absolute atomic E-state index is 0.0559. The first-order valence-electron chi connectivity index (χ1n) is 12.0. The highest BCUT2D eigenvalue weighted by molar-refractivity contribution is 5.75. The number of esters is 5. The lowest BCUT2D eigenvalue weighted by atomic mass is 9.98. The number of benzene rings is 1. The number of aliphatic carboxylic acids is 1. The van der Waals surface area contributed by atoms with Gasteiger partial charge in [0, 0.05) is 27.7 Å². The summed E-state index contributed by atoms with van der Waals surface area (Å²) >= 11 is 0. The minimum Gasteiger partial charge on any atom is -0.478 e. The van der Waals surface area contributed by atoms with Crippen LogP contribution in [0.1, 0.15) is 33.3 Å². The van der Waals surface area contributed by atoms with E-state index in [0.717, 1.165) is 27.7 Å². The second kappa shape index (κ2) is 15.5. The number of nitrogens with one attached hydrogen (secondary N) is 1. The zero-order valence-electron chi connectivity index (χ0n) is 22.2. The number of rotatable bonds is 13. The summed E-state index contributed by atoms with van der Waals surface area (Å²) in [7, 11) is 0. The van der Waals surface area contributed by atoms with Gasteiger partial charge in [0.05, 0.1) is 6.54 Å². The molecule has 0 radical (unpaired) electrons. The van der Waals surface area contributed by atoms with Gasteiger partial charge in [-0.05, 0) is 5.56 Å². The van der Waals surface area contributed by atoms with Gasteiger partial charge in [-0.15, -0.1) is 0 Å². The van der Waals surface area contributed by atoms with E-state index in [9.17, 15) is 33.9 Å². The van der Waals surface area contributed by atoms with Crippen molar-refractivity contribution in [3.63, 3.8) is 0 Å². The van der Waals surface area contributed by atoms with Crippen molar-refractivity contribution in [2.45, 2.75) is 71.2 Å². The van der Waals surface area contributed by atoms with Crippen LogP contribution in [0.5, 0.6) is 0 Å². The predicted octanol–water partition coefficient (Wildman–Crippen LogP) is -0.170. The Labute approximate surface area is 228 Å². The monoisotopic (exact) mass is 569 g/mol. The van der Waals surface area contributed by atoms with Crippen molar-refractivity contribution in [3.05, 3.63) is 35.9 Å². The fourth-order valence-electron chi connectivity index (χ4n) is 3.59. The van der Waals surface area contributed by atoms with Crippen LogP contribution in [0.25, 0.3) is 0 Å². The van der Waals surface area contributed by atoms with Gasteiger partial charge in [0.25, 0.3) is 0 Å². The van der Waals surface area contributed by atoms with Gasteiger partial charge in [-0.2, -0.15) is 0 Å². The van der Waals surface area contributed by atoms with Crippen molar-refractivity contribution >= 4 is 35.8 Å². The zero-order valence-corrected chi connectivity index (χ0v) is 22.2. The van der Waals surface area contributed by atoms with E-state index in [1.165, 1.54) is 0 Å². The molecule has 15 nitrogen and oxygen atoms in total. The summed E-state index contributed by atoms with van der Waals surface area (Å²) in [4.78, 5) is 71.1. The highest BCUT2D eigenvalue weighted by Gasteiger charge is 2.53. The molecule has 1 aromatic carbocycles. The fourth-order valence-corrected chi connectivity index (χ4v) is 3.59. The Morgan fingerprint density at radius 1 is 0.825 bits per heavy atom. The Morgan fingerprint density at radius 3 is 1.95 bits per heavy atom. The maximum absolute atomic E-state index is 12.2. The highest BCUT2D eigenvalue weighted by atomic mass is 16.7. The van der Waals surface area contributed by atoms with E-state index in [4.69, 9.17) is 33.2 Å². The molecule has 1 heterocycles. The summed E-state index contributed by atoms with van der Waals surface area (Å²) in [5, 5.41) is 12.0. The molecule has 1 aliphatic rings. The summed E-state index contributed by atoms with van der Waals surface area (Å²) in [5.41, 5.74) is 0.708. The quantitative estimate of drug-likeness (QED) is 0.180. The van der Waals surface area contributed by atoms with Gasteiger partial charge < -0.3 is 38.3 Å². The van der Waals surface area contributed by atoms with Crippen molar-refractivity contribution in [1.29, 1.82) is 0 Å². The first-order chi connectivity index (χ1) is 18.9. The highest BCUT2D eigenvalue weighted by Crippen LogP contribution is 2.30. The Balaban J connectivity index is 2.26. The molecular weight excluding hydrogens is 538 g/mol. The Bertz CT molecular complexity index is 1060. The molecule has 15 heteroatoms. The molecule has 0 amide bonds. The van der Waals surface area contributed by atoms with Crippen LogP contribution in [-0.2, 0) is 68.5 Å². The van der Waals surface area contributed by atoms with Crippen LogP contribution >= 0.6 is 0 Å². The standard InChI is InChI=1S/C25H31NO14/c1-13(27)34-12-18-20(36-14(2)28)21(37-15(3)29)22(38-16(4)30)25(39-18)40-23(24(32)33)26-10-19(31)35-11-17-8-6-5-7-9-17/h5-9,18,20-23,25-26H,10-12H2,1-4H3,(H,32,33)/t18-,20-,21+,22-,23?,25-/m1/s1. The van der Waals surface area contributed by atoms with Crippen LogP contribution in [0.4, 0.5) is 0 Å². The first kappa shape index (κ1) is 32.1. The number of carboxylic acid groups (broad SMARTS) is 1. The summed E-state index contributed by atoms with van der Waals surface area (Å²) < 4.78 is 37.0. The summed E-state index contributed by atoms with van der Waals surface area (Å²) in [5.74, 6) is -5.74. The predicted molar refractivity (Wildman–Crippen MR) is 129 cm³/mol. The zero-order chi connectivity index (χ0) is 29.8. The van der Waals surface area contributed by atoms with Gasteiger partial charge in [0.2, 0.25) is 12.5 Å². The summed E-state index contributed by atoms with van der Waals surface area (Å²) in [6.07, 6.45) is -9.70. The van der Waals surface area contributed by atoms with Gasteiger partial charge in [0.15, 0.2) is 18.3 Å². The average Bonchev–Trinajstić information content (AvgIpc) is 2.86. The molecule has 2 N–H and O–H groups in total. The van der Waals surface area contributed by atoms with Crippen molar-refractivity contribution in [2.75, 3.05) is 13.2 Å². The second-order valence-corrected chi connectivity index (χ2v) is 8.45. The van der Waals surface area contributed by atoms with Crippen LogP contribution in [0.15, 0.2) is 30.3 Å². The van der Waals surface area contributed by atoms with Crippen LogP contribution in [0, 0.1) is 0 Å². The van der Waals surface area contributed by atoms with Gasteiger partial charge in [0.1, 0.15) is 19.3 Å². The molecule has 0 aromatic heterocycles. The summed E-state index contributed by atoms with van der Waals surface area (Å²) in [6.45, 7) is 3.01. The van der Waals surface area contributed by atoms with Crippen molar-refractivity contribution in [3.8, 4) is 0 Å². The second-order valence-electron chi connectivity index (χ2n) is 8.45. The first-order valence-corrected chi connectivity index (χ1v) is 12.0. The molecule has 1 aliphatic heterocycles. The van der Waals surface area contributed by atoms with Crippen molar-refractivity contribution < 1.29 is 67.0 Å².